The molecule has 1 heterocycles. The predicted molar refractivity (Wildman–Crippen MR) is 52.4 cm³/mol. The molecular formula is C10H4F3NO2S. The number of benzene rings is 1. The maximum absolute atomic E-state index is 12.6. The highest BCUT2D eigenvalue weighted by Gasteiger charge is 2.38. The van der Waals surface area contributed by atoms with Gasteiger partial charge in [-0.05, 0) is 17.7 Å². The summed E-state index contributed by atoms with van der Waals surface area (Å²) < 4.78 is 60.8. The number of hydrogen-bond acceptors (Lipinski definition) is 3. The Kier molecular flexibility index (Phi) is 2.29. The van der Waals surface area contributed by atoms with E-state index in [9.17, 15) is 21.6 Å². The molecule has 17 heavy (non-hydrogen) atoms. The Hall–Kier alpha value is -1.81. The van der Waals surface area contributed by atoms with Crippen molar-refractivity contribution < 1.29 is 21.6 Å². The molecule has 0 amide bonds. The van der Waals surface area contributed by atoms with E-state index in [0.29, 0.717) is 6.07 Å². The highest BCUT2D eigenvalue weighted by molar-refractivity contribution is 7.94. The van der Waals surface area contributed by atoms with Crippen molar-refractivity contribution in [3.63, 3.8) is 0 Å². The molecule has 3 nitrogen and oxygen atoms in total. The van der Waals surface area contributed by atoms with E-state index in [4.69, 9.17) is 5.26 Å². The van der Waals surface area contributed by atoms with Gasteiger partial charge in [0.05, 0.1) is 16.0 Å². The third-order valence-electron chi connectivity index (χ3n) is 2.32. The van der Waals surface area contributed by atoms with Crippen LogP contribution in [0.5, 0.6) is 0 Å². The Morgan fingerprint density at radius 1 is 1.24 bits per heavy atom. The van der Waals surface area contributed by atoms with Crippen LogP contribution in [0.1, 0.15) is 16.7 Å². The average Bonchev–Trinajstić information content (AvgIpc) is 2.52. The number of nitriles is 1. The van der Waals surface area contributed by atoms with Gasteiger partial charge in [0.1, 0.15) is 6.07 Å². The molecule has 0 saturated heterocycles. The Bertz CT molecular complexity index is 666. The normalized spacial score (nSPS) is 16.6. The van der Waals surface area contributed by atoms with E-state index in [-0.39, 0.29) is 5.56 Å². The highest BCUT2D eigenvalue weighted by atomic mass is 32.2. The van der Waals surface area contributed by atoms with Gasteiger partial charge in [0.25, 0.3) is 0 Å². The summed E-state index contributed by atoms with van der Waals surface area (Å²) in [6.45, 7) is 0. The van der Waals surface area contributed by atoms with Crippen molar-refractivity contribution in [2.75, 3.05) is 0 Å². The summed E-state index contributed by atoms with van der Waals surface area (Å²) in [6.07, 6.45) is -3.58. The van der Waals surface area contributed by atoms with Crippen LogP contribution in [0.15, 0.2) is 22.4 Å². The van der Waals surface area contributed by atoms with E-state index in [1.165, 1.54) is 12.1 Å². The molecule has 0 fully saturated rings. The number of sulfone groups is 1. The number of halogens is 3. The lowest BCUT2D eigenvalue weighted by Crippen LogP contribution is -2.11. The van der Waals surface area contributed by atoms with Crippen molar-refractivity contribution in [2.45, 2.75) is 11.1 Å². The van der Waals surface area contributed by atoms with Gasteiger partial charge in [0, 0.05) is 5.41 Å². The van der Waals surface area contributed by atoms with Crippen molar-refractivity contribution in [3.05, 3.63) is 34.2 Å². The van der Waals surface area contributed by atoms with Gasteiger partial charge in [-0.1, -0.05) is 6.07 Å². The predicted octanol–water partition coefficient (Wildman–Crippen LogP) is 2.34. The molecule has 1 aliphatic heterocycles. The SMILES string of the molecule is N#Cc1c(C(F)(F)F)ccc2c1S(=O)(=O)C=C2. The Balaban J connectivity index is 2.87. The van der Waals surface area contributed by atoms with Crippen molar-refractivity contribution in [1.82, 2.24) is 0 Å². The van der Waals surface area contributed by atoms with E-state index < -0.39 is 32.0 Å². The minimum atomic E-state index is -4.75. The summed E-state index contributed by atoms with van der Waals surface area (Å²) in [4.78, 5) is -0.560. The fourth-order valence-electron chi connectivity index (χ4n) is 1.61. The van der Waals surface area contributed by atoms with Crippen molar-refractivity contribution in [2.24, 2.45) is 0 Å². The fourth-order valence-corrected chi connectivity index (χ4v) is 2.98. The van der Waals surface area contributed by atoms with Crippen LogP contribution in [-0.2, 0) is 16.0 Å². The number of nitrogens with zero attached hydrogens (tertiary/aromatic N) is 1. The largest absolute Gasteiger partial charge is 0.417 e. The lowest BCUT2D eigenvalue weighted by molar-refractivity contribution is -0.137. The summed E-state index contributed by atoms with van der Waals surface area (Å²) in [5.74, 6) is 0. The molecule has 0 atom stereocenters. The van der Waals surface area contributed by atoms with Crippen LogP contribution in [0.25, 0.3) is 6.08 Å². The van der Waals surface area contributed by atoms with Crippen molar-refractivity contribution >= 4 is 15.9 Å². The summed E-state index contributed by atoms with van der Waals surface area (Å²) in [5, 5.41) is 9.53. The van der Waals surface area contributed by atoms with Gasteiger partial charge in [-0.25, -0.2) is 8.42 Å². The van der Waals surface area contributed by atoms with Crippen LogP contribution in [-0.4, -0.2) is 8.42 Å². The monoisotopic (exact) mass is 259 g/mol. The van der Waals surface area contributed by atoms with Crippen molar-refractivity contribution in [1.29, 1.82) is 5.26 Å². The van der Waals surface area contributed by atoms with Gasteiger partial charge < -0.3 is 0 Å². The first-order valence-electron chi connectivity index (χ1n) is 4.35. The van der Waals surface area contributed by atoms with E-state index >= 15 is 0 Å². The van der Waals surface area contributed by atoms with Gasteiger partial charge in [0.2, 0.25) is 9.84 Å². The maximum Gasteiger partial charge on any atom is 0.417 e. The molecule has 0 saturated carbocycles. The third kappa shape index (κ3) is 1.70. The molecule has 0 aliphatic carbocycles. The zero-order valence-electron chi connectivity index (χ0n) is 8.12. The van der Waals surface area contributed by atoms with Crippen LogP contribution >= 0.6 is 0 Å². The van der Waals surface area contributed by atoms with Gasteiger partial charge in [-0.3, -0.25) is 0 Å². The highest BCUT2D eigenvalue weighted by Crippen LogP contribution is 2.38. The molecule has 0 spiro atoms. The van der Waals surface area contributed by atoms with Gasteiger partial charge >= 0.3 is 6.18 Å². The average molecular weight is 259 g/mol. The number of hydrogen-bond donors (Lipinski definition) is 0. The van der Waals surface area contributed by atoms with Gasteiger partial charge in [-0.15, -0.1) is 0 Å². The van der Waals surface area contributed by atoms with Crippen LogP contribution in [0, 0.1) is 11.3 Å². The zero-order valence-corrected chi connectivity index (χ0v) is 8.93. The zero-order chi connectivity index (χ0) is 12.8. The molecule has 0 aromatic heterocycles. The Morgan fingerprint density at radius 3 is 2.41 bits per heavy atom. The molecule has 1 aromatic carbocycles. The molecular weight excluding hydrogens is 255 g/mol. The quantitative estimate of drug-likeness (QED) is 0.718. The van der Waals surface area contributed by atoms with E-state index in [1.54, 1.807) is 0 Å². The second-order valence-electron chi connectivity index (χ2n) is 3.36. The molecule has 0 N–H and O–H groups in total. The standard InChI is InChI=1S/C10H4F3NO2S/c11-10(12,13)8-2-1-6-3-4-17(15,16)9(6)7(8)5-14/h1-4H. The smallest absolute Gasteiger partial charge is 0.219 e. The van der Waals surface area contributed by atoms with Crippen LogP contribution in [0.4, 0.5) is 13.2 Å². The molecule has 2 rings (SSSR count). The van der Waals surface area contributed by atoms with E-state index in [0.717, 1.165) is 11.5 Å². The first-order valence-corrected chi connectivity index (χ1v) is 5.89. The minimum Gasteiger partial charge on any atom is -0.219 e. The number of fused-ring (bicyclic) bond motifs is 1. The fraction of sp³-hybridized carbons (Fsp3) is 0.100. The van der Waals surface area contributed by atoms with Crippen molar-refractivity contribution in [3.8, 4) is 6.07 Å². The molecule has 0 unspecified atom stereocenters. The molecule has 1 aromatic rings. The lowest BCUT2D eigenvalue weighted by atomic mass is 10.0. The van der Waals surface area contributed by atoms with E-state index in [1.807, 2.05) is 0 Å². The topological polar surface area (TPSA) is 57.9 Å². The summed E-state index contributed by atoms with van der Waals surface area (Å²) >= 11 is 0. The summed E-state index contributed by atoms with van der Waals surface area (Å²) in [6, 6.07) is 3.07. The Labute approximate surface area is 94.7 Å². The molecule has 0 radical (unpaired) electrons. The number of alkyl halides is 3. The first kappa shape index (κ1) is 11.7. The van der Waals surface area contributed by atoms with Crippen LogP contribution in [0.2, 0.25) is 0 Å². The molecule has 88 valence electrons. The summed E-state index contributed by atoms with van der Waals surface area (Å²) in [7, 11) is -3.93. The Morgan fingerprint density at radius 2 is 1.88 bits per heavy atom. The maximum atomic E-state index is 12.6. The third-order valence-corrected chi connectivity index (χ3v) is 3.82. The minimum absolute atomic E-state index is 0.106. The molecule has 0 bridgehead atoms. The second kappa shape index (κ2) is 3.34. The van der Waals surface area contributed by atoms with Crippen LogP contribution in [0.3, 0.4) is 0 Å². The number of rotatable bonds is 0. The van der Waals surface area contributed by atoms with Gasteiger partial charge in [0.15, 0.2) is 0 Å². The first-order chi connectivity index (χ1) is 7.77. The lowest BCUT2D eigenvalue weighted by Gasteiger charge is -2.11. The van der Waals surface area contributed by atoms with E-state index in [2.05, 4.69) is 0 Å². The second-order valence-corrected chi connectivity index (χ2v) is 5.13. The summed E-state index contributed by atoms with van der Waals surface area (Å²) in [5.41, 5.74) is -1.97. The molecule has 1 aliphatic rings. The molecule has 7 heteroatoms. The van der Waals surface area contributed by atoms with Crippen LogP contribution < -0.4 is 0 Å². The van der Waals surface area contributed by atoms with Gasteiger partial charge in [-0.2, -0.15) is 18.4 Å².